The standard InChI is InChI=1S/C36H34Cl2FN5O6S/c37-26-9-5-24(6-10-26)33-34(25-7-11-27(38)12-8-25)44(51(48,49)30-4-2-1-3-29(30)39)31-14-13-28(36(47)43(31)33)35(46)42-17-15-40(16-18-42)23-32(45)41-19-21-50-22-20-41/h1-14,33-34H,15-23H2/t33-,34+/m1/s1. The molecule has 11 nitrogen and oxygen atoms in total. The van der Waals surface area contributed by atoms with Crippen molar-refractivity contribution in [3.63, 3.8) is 0 Å². The Balaban J connectivity index is 1.27. The first-order chi connectivity index (χ1) is 24.5. The van der Waals surface area contributed by atoms with Gasteiger partial charge < -0.3 is 14.5 Å². The molecule has 2 amide bonds. The van der Waals surface area contributed by atoms with E-state index in [1.54, 1.807) is 58.3 Å². The first-order valence-corrected chi connectivity index (χ1v) is 18.7. The monoisotopic (exact) mass is 753 g/mol. The van der Waals surface area contributed by atoms with Crippen molar-refractivity contribution in [2.24, 2.45) is 0 Å². The van der Waals surface area contributed by atoms with Crippen molar-refractivity contribution >= 4 is 50.9 Å². The van der Waals surface area contributed by atoms with E-state index in [9.17, 15) is 22.8 Å². The van der Waals surface area contributed by atoms with Gasteiger partial charge in [-0.3, -0.25) is 23.9 Å². The third-order valence-corrected chi connectivity index (χ3v) is 11.9. The maximum atomic E-state index is 15.2. The fourth-order valence-corrected chi connectivity index (χ4v) is 8.91. The highest BCUT2D eigenvalue weighted by Gasteiger charge is 2.48. The van der Waals surface area contributed by atoms with Crippen molar-refractivity contribution in [1.29, 1.82) is 0 Å². The van der Waals surface area contributed by atoms with E-state index in [2.05, 4.69) is 0 Å². The Morgan fingerprint density at radius 3 is 1.94 bits per heavy atom. The molecule has 2 atom stereocenters. The van der Waals surface area contributed by atoms with Crippen molar-refractivity contribution in [1.82, 2.24) is 19.3 Å². The van der Waals surface area contributed by atoms with E-state index in [0.29, 0.717) is 60.6 Å². The van der Waals surface area contributed by atoms with Crippen LogP contribution in [-0.4, -0.2) is 98.5 Å². The molecule has 0 saturated carbocycles. The zero-order valence-corrected chi connectivity index (χ0v) is 29.7. The van der Waals surface area contributed by atoms with E-state index < -0.39 is 44.3 Å². The molecule has 1 aromatic heterocycles. The summed E-state index contributed by atoms with van der Waals surface area (Å²) in [4.78, 5) is 46.2. The van der Waals surface area contributed by atoms with Gasteiger partial charge >= 0.3 is 0 Å². The number of hydrogen-bond acceptors (Lipinski definition) is 7. The number of carbonyl (C=O) groups excluding carboxylic acids is 2. The highest BCUT2D eigenvalue weighted by Crippen LogP contribution is 2.49. The quantitative estimate of drug-likeness (QED) is 0.274. The number of piperazine rings is 1. The number of halogens is 3. The largest absolute Gasteiger partial charge is 0.378 e. The Hall–Kier alpha value is -4.27. The van der Waals surface area contributed by atoms with E-state index in [-0.39, 0.29) is 36.9 Å². The molecule has 2 saturated heterocycles. The lowest BCUT2D eigenvalue weighted by atomic mass is 9.94. The summed E-state index contributed by atoms with van der Waals surface area (Å²) < 4.78 is 51.9. The number of anilines is 1. The molecule has 15 heteroatoms. The zero-order valence-electron chi connectivity index (χ0n) is 27.3. The Morgan fingerprint density at radius 2 is 1.33 bits per heavy atom. The molecule has 0 bridgehead atoms. The smallest absolute Gasteiger partial charge is 0.269 e. The number of sulfonamides is 1. The highest BCUT2D eigenvalue weighted by molar-refractivity contribution is 7.92. The molecular weight excluding hydrogens is 720 g/mol. The molecule has 0 aliphatic carbocycles. The van der Waals surface area contributed by atoms with E-state index in [0.717, 1.165) is 10.4 Å². The number of amides is 2. The van der Waals surface area contributed by atoms with Crippen molar-refractivity contribution in [2.75, 3.05) is 63.3 Å². The van der Waals surface area contributed by atoms with E-state index >= 15 is 4.39 Å². The van der Waals surface area contributed by atoms with Crippen LogP contribution in [0.4, 0.5) is 10.2 Å². The molecule has 266 valence electrons. The lowest BCUT2D eigenvalue weighted by molar-refractivity contribution is -0.136. The summed E-state index contributed by atoms with van der Waals surface area (Å²) in [7, 11) is -4.63. The first-order valence-electron chi connectivity index (χ1n) is 16.5. The van der Waals surface area contributed by atoms with Crippen LogP contribution in [0.5, 0.6) is 0 Å². The maximum Gasteiger partial charge on any atom is 0.269 e. The molecule has 3 aromatic carbocycles. The number of ether oxygens (including phenoxy) is 1. The second-order valence-corrected chi connectivity index (χ2v) is 15.2. The Bertz CT molecular complexity index is 2120. The summed E-state index contributed by atoms with van der Waals surface area (Å²) in [6.45, 7) is 3.81. The number of hydrogen-bond donors (Lipinski definition) is 0. The lowest BCUT2D eigenvalue weighted by Gasteiger charge is -2.36. The minimum Gasteiger partial charge on any atom is -0.378 e. The van der Waals surface area contributed by atoms with Crippen molar-refractivity contribution in [3.05, 3.63) is 128 Å². The predicted octanol–water partition coefficient (Wildman–Crippen LogP) is 4.45. The lowest BCUT2D eigenvalue weighted by Crippen LogP contribution is -2.53. The van der Waals surface area contributed by atoms with Gasteiger partial charge in [-0.25, -0.2) is 17.1 Å². The third-order valence-electron chi connectivity index (χ3n) is 9.56. The second-order valence-electron chi connectivity index (χ2n) is 12.6. The Kier molecular flexibility index (Phi) is 9.92. The van der Waals surface area contributed by atoms with Crippen molar-refractivity contribution in [3.8, 4) is 0 Å². The summed E-state index contributed by atoms with van der Waals surface area (Å²) in [5, 5.41) is 0.842. The van der Waals surface area contributed by atoms with Gasteiger partial charge in [0.1, 0.15) is 22.1 Å². The maximum absolute atomic E-state index is 15.2. The summed E-state index contributed by atoms with van der Waals surface area (Å²) >= 11 is 12.5. The summed E-state index contributed by atoms with van der Waals surface area (Å²) in [6, 6.07) is 18.9. The van der Waals surface area contributed by atoms with Gasteiger partial charge in [0.15, 0.2) is 0 Å². The van der Waals surface area contributed by atoms with Crippen LogP contribution in [0.15, 0.2) is 94.6 Å². The predicted molar refractivity (Wildman–Crippen MR) is 190 cm³/mol. The van der Waals surface area contributed by atoms with Crippen LogP contribution in [-0.2, 0) is 19.6 Å². The summed E-state index contributed by atoms with van der Waals surface area (Å²) in [5.41, 5.74) is 0.179. The van der Waals surface area contributed by atoms with E-state index in [4.69, 9.17) is 27.9 Å². The van der Waals surface area contributed by atoms with Crippen LogP contribution in [0.25, 0.3) is 0 Å². The molecule has 0 radical (unpaired) electrons. The Morgan fingerprint density at radius 1 is 0.745 bits per heavy atom. The number of fused-ring (bicyclic) bond motifs is 1. The molecule has 3 aliphatic rings. The molecule has 2 fully saturated rings. The Labute approximate surface area is 304 Å². The van der Waals surface area contributed by atoms with Crippen LogP contribution in [0.3, 0.4) is 0 Å². The molecule has 51 heavy (non-hydrogen) atoms. The molecule has 4 heterocycles. The van der Waals surface area contributed by atoms with E-state index in [1.807, 2.05) is 4.90 Å². The van der Waals surface area contributed by atoms with E-state index in [1.165, 1.54) is 34.9 Å². The van der Waals surface area contributed by atoms with Crippen LogP contribution in [0.1, 0.15) is 33.6 Å². The fourth-order valence-electron chi connectivity index (χ4n) is 6.95. The number of nitrogens with zero attached hydrogens (tertiary/aromatic N) is 5. The number of pyridine rings is 1. The minimum absolute atomic E-state index is 0.00770. The number of aromatic nitrogens is 1. The second kappa shape index (κ2) is 14.4. The van der Waals surface area contributed by atoms with Gasteiger partial charge in [0.25, 0.3) is 21.5 Å². The molecule has 0 unspecified atom stereocenters. The molecule has 3 aliphatic heterocycles. The van der Waals surface area contributed by atoms with Crippen molar-refractivity contribution < 1.29 is 27.1 Å². The number of rotatable bonds is 7. The average molecular weight is 755 g/mol. The summed E-state index contributed by atoms with van der Waals surface area (Å²) in [6.07, 6.45) is 0. The fraction of sp³-hybridized carbons (Fsp3) is 0.306. The normalized spacial score (nSPS) is 19.6. The van der Waals surface area contributed by atoms with Gasteiger partial charge in [-0.15, -0.1) is 0 Å². The summed E-state index contributed by atoms with van der Waals surface area (Å²) in [5.74, 6) is -1.49. The molecule has 0 spiro atoms. The third kappa shape index (κ3) is 6.76. The molecular formula is C36H34Cl2FN5O6S. The number of morpholine rings is 1. The molecule has 4 aromatic rings. The highest BCUT2D eigenvalue weighted by atomic mass is 35.5. The van der Waals surface area contributed by atoms with Gasteiger partial charge in [-0.05, 0) is 59.7 Å². The molecule has 7 rings (SSSR count). The number of carbonyl (C=O) groups is 2. The molecule has 0 N–H and O–H groups in total. The SMILES string of the molecule is O=C(CN1CCN(C(=O)c2ccc3n(c2=O)[C@H](c2ccc(Cl)cc2)[C@H](c2ccc(Cl)cc2)N3S(=O)(=O)c2ccccc2F)CC1)N1CCOCC1. The van der Waals surface area contributed by atoms with Gasteiger partial charge in [0.2, 0.25) is 5.91 Å². The topological polar surface area (TPSA) is 112 Å². The van der Waals surface area contributed by atoms with Gasteiger partial charge in [0.05, 0.1) is 31.8 Å². The number of benzene rings is 3. The van der Waals surface area contributed by atoms with Crippen LogP contribution < -0.4 is 9.86 Å². The van der Waals surface area contributed by atoms with Gasteiger partial charge in [0, 0.05) is 49.3 Å². The first kappa shape index (κ1) is 35.1. The average Bonchev–Trinajstić information content (AvgIpc) is 3.50. The van der Waals surface area contributed by atoms with Crippen LogP contribution in [0, 0.1) is 5.82 Å². The van der Waals surface area contributed by atoms with Crippen LogP contribution >= 0.6 is 23.2 Å². The van der Waals surface area contributed by atoms with Crippen LogP contribution in [0.2, 0.25) is 10.0 Å². The van der Waals surface area contributed by atoms with Gasteiger partial charge in [-0.1, -0.05) is 59.6 Å². The van der Waals surface area contributed by atoms with Crippen molar-refractivity contribution in [2.45, 2.75) is 17.0 Å². The minimum atomic E-state index is -4.63. The van der Waals surface area contributed by atoms with Gasteiger partial charge in [-0.2, -0.15) is 0 Å². The zero-order chi connectivity index (χ0) is 35.9.